The van der Waals surface area contributed by atoms with Crippen molar-refractivity contribution in [2.24, 2.45) is 0 Å². The lowest BCUT2D eigenvalue weighted by atomic mass is 10.4. The standard InChI is InChI=1S/3C6H6.3H3O4P/c3*1-2-4-6-5-3-1;3*1-5(2,3)4/h3*1-6H;3*(H3,1,2,3,4). The Hall–Kier alpha value is -2.01. The second-order valence-corrected chi connectivity index (χ2v) is 8.08. The van der Waals surface area contributed by atoms with Gasteiger partial charge in [0.05, 0.1) is 0 Å². The van der Waals surface area contributed by atoms with Crippen LogP contribution in [-0.4, -0.2) is 44.0 Å². The molecule has 15 heteroatoms. The molecule has 3 aromatic rings. The molecule has 0 saturated heterocycles. The largest absolute Gasteiger partial charge is 0.466 e. The van der Waals surface area contributed by atoms with Gasteiger partial charge in [-0.3, -0.25) is 0 Å². The maximum atomic E-state index is 8.88. The van der Waals surface area contributed by atoms with Crippen LogP contribution in [0, 0.1) is 0 Å². The zero-order valence-corrected chi connectivity index (χ0v) is 19.7. The molecule has 0 fully saturated rings. The van der Waals surface area contributed by atoms with Crippen LogP contribution in [0.1, 0.15) is 0 Å². The molecule has 3 aromatic carbocycles. The lowest BCUT2D eigenvalue weighted by molar-refractivity contribution is 0.272. The van der Waals surface area contributed by atoms with E-state index in [4.69, 9.17) is 57.7 Å². The average molecular weight is 528 g/mol. The predicted molar refractivity (Wildman–Crippen MR) is 122 cm³/mol. The zero-order valence-electron chi connectivity index (χ0n) is 17.0. The Morgan fingerprint density at radius 1 is 0.242 bits per heavy atom. The monoisotopic (exact) mass is 528 g/mol. The molecule has 0 radical (unpaired) electrons. The fraction of sp³-hybridized carbons (Fsp3) is 0. The van der Waals surface area contributed by atoms with Gasteiger partial charge in [0, 0.05) is 0 Å². The van der Waals surface area contributed by atoms with E-state index in [1.807, 2.05) is 109 Å². The van der Waals surface area contributed by atoms with Crippen LogP contribution in [0.25, 0.3) is 0 Å². The normalized spacial score (nSPS) is 9.73. The summed E-state index contributed by atoms with van der Waals surface area (Å²) in [4.78, 5) is 64.7. The van der Waals surface area contributed by atoms with Gasteiger partial charge in [-0.2, -0.15) is 0 Å². The van der Waals surface area contributed by atoms with Crippen LogP contribution in [0.5, 0.6) is 0 Å². The van der Waals surface area contributed by atoms with Crippen molar-refractivity contribution < 1.29 is 57.7 Å². The van der Waals surface area contributed by atoms with Crippen molar-refractivity contribution >= 4 is 23.5 Å². The lowest BCUT2D eigenvalue weighted by Gasteiger charge is -1.82. The lowest BCUT2D eigenvalue weighted by Crippen LogP contribution is -1.66. The SMILES string of the molecule is O=P(O)(O)O.O=P(O)(O)O.O=P(O)(O)O.c1ccccc1.c1ccccc1.c1ccccc1. The Bertz CT molecular complexity index is 669. The maximum absolute atomic E-state index is 8.88. The molecule has 0 aliphatic heterocycles. The van der Waals surface area contributed by atoms with Crippen LogP contribution in [0.4, 0.5) is 0 Å². The van der Waals surface area contributed by atoms with Crippen LogP contribution < -0.4 is 0 Å². The van der Waals surface area contributed by atoms with Gasteiger partial charge in [-0.05, 0) is 0 Å². The van der Waals surface area contributed by atoms with E-state index < -0.39 is 23.5 Å². The van der Waals surface area contributed by atoms with Crippen molar-refractivity contribution in [3.63, 3.8) is 0 Å². The molecule has 0 aliphatic rings. The fourth-order valence-electron chi connectivity index (χ4n) is 1.15. The van der Waals surface area contributed by atoms with Gasteiger partial charge in [0.2, 0.25) is 0 Å². The first-order valence-electron chi connectivity index (χ1n) is 8.35. The van der Waals surface area contributed by atoms with E-state index in [1.54, 1.807) is 0 Å². The van der Waals surface area contributed by atoms with Crippen LogP contribution in [0.15, 0.2) is 109 Å². The van der Waals surface area contributed by atoms with Crippen molar-refractivity contribution in [2.45, 2.75) is 0 Å². The Morgan fingerprint density at radius 3 is 0.303 bits per heavy atom. The summed E-state index contributed by atoms with van der Waals surface area (Å²) in [7, 11) is -13.9. The van der Waals surface area contributed by atoms with E-state index in [-0.39, 0.29) is 0 Å². The molecule has 0 spiro atoms. The summed E-state index contributed by atoms with van der Waals surface area (Å²) in [5.41, 5.74) is 0. The number of hydrogen-bond donors (Lipinski definition) is 9. The van der Waals surface area contributed by atoms with Gasteiger partial charge in [-0.25, -0.2) is 13.7 Å². The maximum Gasteiger partial charge on any atom is 0.466 e. The summed E-state index contributed by atoms with van der Waals surface area (Å²) < 4.78 is 26.6. The molecule has 3 rings (SSSR count). The predicted octanol–water partition coefficient (Wildman–Crippen LogP) is 2.27. The van der Waals surface area contributed by atoms with E-state index in [1.165, 1.54) is 0 Å². The summed E-state index contributed by atoms with van der Waals surface area (Å²) in [6.07, 6.45) is 0. The molecule has 0 atom stereocenters. The number of hydrogen-bond acceptors (Lipinski definition) is 3. The first kappa shape index (κ1) is 35.6. The van der Waals surface area contributed by atoms with Gasteiger partial charge in [-0.1, -0.05) is 109 Å². The molecule has 186 valence electrons. The minimum absolute atomic E-state index is 2.00. The number of rotatable bonds is 0. The van der Waals surface area contributed by atoms with Gasteiger partial charge in [0.25, 0.3) is 0 Å². The Morgan fingerprint density at radius 2 is 0.273 bits per heavy atom. The molecule has 0 unspecified atom stereocenters. The molecular formula is C18H27O12P3. The second-order valence-electron chi connectivity index (χ2n) is 5.00. The molecule has 0 bridgehead atoms. The van der Waals surface area contributed by atoms with Gasteiger partial charge in [-0.15, -0.1) is 0 Å². The van der Waals surface area contributed by atoms with E-state index >= 15 is 0 Å². The third-order valence-electron chi connectivity index (χ3n) is 2.00. The molecule has 33 heavy (non-hydrogen) atoms. The highest BCUT2D eigenvalue weighted by Gasteiger charge is 2.01. The van der Waals surface area contributed by atoms with Gasteiger partial charge < -0.3 is 44.0 Å². The van der Waals surface area contributed by atoms with Gasteiger partial charge in [0.1, 0.15) is 0 Å². The Kier molecular flexibility index (Phi) is 23.5. The molecule has 0 saturated carbocycles. The topological polar surface area (TPSA) is 233 Å². The summed E-state index contributed by atoms with van der Waals surface area (Å²) in [5, 5.41) is 0. The molecular weight excluding hydrogens is 501 g/mol. The Labute approximate surface area is 190 Å². The summed E-state index contributed by atoms with van der Waals surface area (Å²) in [6.45, 7) is 0. The smallest absolute Gasteiger partial charge is 0.303 e. The number of phosphoric acid groups is 3. The van der Waals surface area contributed by atoms with E-state index in [2.05, 4.69) is 0 Å². The van der Waals surface area contributed by atoms with Crippen molar-refractivity contribution in [1.29, 1.82) is 0 Å². The highest BCUT2D eigenvalue weighted by atomic mass is 31.2. The first-order valence-corrected chi connectivity index (χ1v) is 13.0. The van der Waals surface area contributed by atoms with E-state index in [0.717, 1.165) is 0 Å². The van der Waals surface area contributed by atoms with Crippen molar-refractivity contribution in [3.8, 4) is 0 Å². The van der Waals surface area contributed by atoms with Crippen LogP contribution in [0.2, 0.25) is 0 Å². The molecule has 0 heterocycles. The molecule has 0 amide bonds. The average Bonchev–Trinajstić information content (AvgIpc) is 2.69. The van der Waals surface area contributed by atoms with Gasteiger partial charge in [0.15, 0.2) is 0 Å². The summed E-state index contributed by atoms with van der Waals surface area (Å²) in [6, 6.07) is 36.0. The van der Waals surface area contributed by atoms with Gasteiger partial charge >= 0.3 is 23.5 Å². The summed E-state index contributed by atoms with van der Waals surface area (Å²) in [5.74, 6) is 0. The van der Waals surface area contributed by atoms with Crippen molar-refractivity contribution in [3.05, 3.63) is 109 Å². The van der Waals surface area contributed by atoms with E-state index in [9.17, 15) is 0 Å². The second kappa shape index (κ2) is 21.8. The first-order chi connectivity index (χ1) is 15.0. The molecule has 12 nitrogen and oxygen atoms in total. The van der Waals surface area contributed by atoms with Crippen molar-refractivity contribution in [2.75, 3.05) is 0 Å². The van der Waals surface area contributed by atoms with Crippen LogP contribution in [-0.2, 0) is 13.7 Å². The minimum atomic E-state index is -4.64. The molecule has 0 aromatic heterocycles. The van der Waals surface area contributed by atoms with E-state index in [0.29, 0.717) is 0 Å². The highest BCUT2D eigenvalue weighted by Crippen LogP contribution is 2.26. The quantitative estimate of drug-likeness (QED) is 0.191. The fourth-order valence-corrected chi connectivity index (χ4v) is 1.15. The number of benzene rings is 3. The summed E-state index contributed by atoms with van der Waals surface area (Å²) >= 11 is 0. The third-order valence-corrected chi connectivity index (χ3v) is 2.00. The minimum Gasteiger partial charge on any atom is -0.303 e. The van der Waals surface area contributed by atoms with Crippen LogP contribution >= 0.6 is 23.5 Å². The Balaban J connectivity index is -0.000000329. The zero-order chi connectivity index (χ0) is 26.2. The van der Waals surface area contributed by atoms with Crippen LogP contribution in [0.3, 0.4) is 0 Å². The molecule has 9 N–H and O–H groups in total. The molecule has 0 aliphatic carbocycles. The van der Waals surface area contributed by atoms with Crippen molar-refractivity contribution in [1.82, 2.24) is 0 Å². The third kappa shape index (κ3) is 91.9. The highest BCUT2D eigenvalue weighted by molar-refractivity contribution is 7.45.